The molecule has 1 aromatic heterocycles. The Morgan fingerprint density at radius 2 is 2.15 bits per heavy atom. The van der Waals surface area contributed by atoms with Gasteiger partial charge in [-0.1, -0.05) is 29.3 Å². The topological polar surface area (TPSA) is 67.3 Å². The number of halogens is 1. The molecule has 3 rings (SSSR count). The Morgan fingerprint density at radius 1 is 1.33 bits per heavy atom. The van der Waals surface area contributed by atoms with E-state index in [0.717, 1.165) is 42.1 Å². The van der Waals surface area contributed by atoms with Gasteiger partial charge >= 0.3 is 0 Å². The predicted octanol–water partition coefficient (Wildman–Crippen LogP) is 3.54. The van der Waals surface area contributed by atoms with E-state index in [9.17, 15) is 4.79 Å². The summed E-state index contributed by atoms with van der Waals surface area (Å²) in [5, 5.41) is 11.5. The Morgan fingerprint density at radius 3 is 2.85 bits per heavy atom. The van der Waals surface area contributed by atoms with Crippen molar-refractivity contribution < 1.29 is 9.53 Å². The van der Waals surface area contributed by atoms with E-state index < -0.39 is 0 Å². The fourth-order valence-electron chi connectivity index (χ4n) is 3.48. The molecule has 2 atom stereocenters. The zero-order valence-corrected chi connectivity index (χ0v) is 16.7. The van der Waals surface area contributed by atoms with Crippen LogP contribution in [-0.2, 0) is 4.79 Å². The van der Waals surface area contributed by atoms with Crippen molar-refractivity contribution in [3.63, 3.8) is 0 Å². The van der Waals surface area contributed by atoms with E-state index in [-0.39, 0.29) is 17.9 Å². The van der Waals surface area contributed by atoms with Gasteiger partial charge in [-0.3, -0.25) is 4.79 Å². The van der Waals surface area contributed by atoms with Crippen molar-refractivity contribution in [1.82, 2.24) is 15.5 Å². The third kappa shape index (κ3) is 4.69. The number of amides is 1. The number of carbonyl (C=O) groups is 1. The molecule has 27 heavy (non-hydrogen) atoms. The number of methoxy groups -OCH3 is 1. The normalized spacial score (nSPS) is 18.1. The summed E-state index contributed by atoms with van der Waals surface area (Å²) in [5.41, 5.74) is 2.12. The third-order valence-corrected chi connectivity index (χ3v) is 5.15. The van der Waals surface area contributed by atoms with E-state index in [0.29, 0.717) is 11.7 Å². The lowest BCUT2D eigenvalue weighted by Gasteiger charge is -2.33. The molecule has 144 valence electrons. The summed E-state index contributed by atoms with van der Waals surface area (Å²) in [7, 11) is 1.65. The number of benzene rings is 1. The lowest BCUT2D eigenvalue weighted by molar-refractivity contribution is -0.125. The molecule has 1 fully saturated rings. The number of aromatic nitrogens is 2. The van der Waals surface area contributed by atoms with Crippen LogP contribution < -0.4 is 15.0 Å². The van der Waals surface area contributed by atoms with Gasteiger partial charge in [0.25, 0.3) is 0 Å². The minimum Gasteiger partial charge on any atom is -0.496 e. The molecule has 6 nitrogen and oxygen atoms in total. The van der Waals surface area contributed by atoms with Gasteiger partial charge in [-0.25, -0.2) is 0 Å². The highest BCUT2D eigenvalue weighted by molar-refractivity contribution is 6.29. The predicted molar refractivity (Wildman–Crippen MR) is 106 cm³/mol. The SMILES string of the molecule is COc1ccc(C)cc1[C@@H](C)NC(=O)[C@@H]1CCCN(c2ccc(Cl)nn2)C1. The maximum absolute atomic E-state index is 12.9. The molecule has 1 N–H and O–H groups in total. The number of hydrogen-bond donors (Lipinski definition) is 1. The number of hydrogen-bond acceptors (Lipinski definition) is 5. The van der Waals surface area contributed by atoms with Gasteiger partial charge in [0.15, 0.2) is 11.0 Å². The molecule has 1 amide bonds. The Balaban J connectivity index is 1.67. The van der Waals surface area contributed by atoms with Gasteiger partial charge in [0.05, 0.1) is 19.1 Å². The molecule has 2 aromatic rings. The van der Waals surface area contributed by atoms with Crippen molar-refractivity contribution in [2.24, 2.45) is 5.92 Å². The summed E-state index contributed by atoms with van der Waals surface area (Å²) < 4.78 is 5.45. The van der Waals surface area contributed by atoms with Crippen LogP contribution in [0.4, 0.5) is 5.82 Å². The van der Waals surface area contributed by atoms with Gasteiger partial charge in [-0.2, -0.15) is 0 Å². The third-order valence-electron chi connectivity index (χ3n) is 4.94. The second-order valence-corrected chi connectivity index (χ2v) is 7.36. The van der Waals surface area contributed by atoms with Crippen molar-refractivity contribution >= 4 is 23.3 Å². The molecule has 2 heterocycles. The molecule has 1 aliphatic rings. The summed E-state index contributed by atoms with van der Waals surface area (Å²) in [5.74, 6) is 1.51. The molecule has 1 saturated heterocycles. The summed E-state index contributed by atoms with van der Waals surface area (Å²) in [6.45, 7) is 5.51. The van der Waals surface area contributed by atoms with Gasteiger partial charge in [-0.15, -0.1) is 10.2 Å². The average molecular weight is 389 g/mol. The first-order valence-corrected chi connectivity index (χ1v) is 9.55. The van der Waals surface area contributed by atoms with Gasteiger partial charge in [0, 0.05) is 18.7 Å². The second-order valence-electron chi connectivity index (χ2n) is 6.98. The van der Waals surface area contributed by atoms with Crippen LogP contribution in [0.5, 0.6) is 5.75 Å². The summed E-state index contributed by atoms with van der Waals surface area (Å²) in [6, 6.07) is 9.44. The number of carbonyl (C=O) groups excluding carboxylic acids is 1. The van der Waals surface area contributed by atoms with E-state index in [1.807, 2.05) is 32.0 Å². The zero-order chi connectivity index (χ0) is 19.4. The van der Waals surface area contributed by atoms with Crippen LogP contribution in [-0.4, -0.2) is 36.3 Å². The Hall–Kier alpha value is -2.34. The second kappa shape index (κ2) is 8.57. The first-order valence-electron chi connectivity index (χ1n) is 9.17. The Kier molecular flexibility index (Phi) is 6.16. The lowest BCUT2D eigenvalue weighted by Crippen LogP contribution is -2.44. The van der Waals surface area contributed by atoms with Crippen LogP contribution in [0, 0.1) is 12.8 Å². The van der Waals surface area contributed by atoms with E-state index in [2.05, 4.69) is 26.5 Å². The van der Waals surface area contributed by atoms with Crippen molar-refractivity contribution in [2.45, 2.75) is 32.7 Å². The van der Waals surface area contributed by atoms with Crippen LogP contribution in [0.1, 0.15) is 36.9 Å². The number of nitrogens with zero attached hydrogens (tertiary/aromatic N) is 3. The number of piperidine rings is 1. The number of anilines is 1. The Bertz CT molecular complexity index is 797. The van der Waals surface area contributed by atoms with Crippen molar-refractivity contribution in [1.29, 1.82) is 0 Å². The van der Waals surface area contributed by atoms with Crippen molar-refractivity contribution in [3.8, 4) is 5.75 Å². The smallest absolute Gasteiger partial charge is 0.225 e. The highest BCUT2D eigenvalue weighted by Crippen LogP contribution is 2.27. The first-order chi connectivity index (χ1) is 13.0. The maximum Gasteiger partial charge on any atom is 0.225 e. The molecular formula is C20H25ClN4O2. The van der Waals surface area contributed by atoms with Crippen LogP contribution >= 0.6 is 11.6 Å². The zero-order valence-electron chi connectivity index (χ0n) is 15.9. The van der Waals surface area contributed by atoms with Gasteiger partial charge in [-0.05, 0) is 44.9 Å². The molecule has 0 saturated carbocycles. The largest absolute Gasteiger partial charge is 0.496 e. The summed E-state index contributed by atoms with van der Waals surface area (Å²) in [4.78, 5) is 15.0. The lowest BCUT2D eigenvalue weighted by atomic mass is 9.96. The van der Waals surface area contributed by atoms with Gasteiger partial charge < -0.3 is 15.0 Å². The molecule has 1 aromatic carbocycles. The van der Waals surface area contributed by atoms with E-state index in [1.165, 1.54) is 0 Å². The number of ether oxygens (including phenoxy) is 1. The fourth-order valence-corrected chi connectivity index (χ4v) is 3.58. The fraction of sp³-hybridized carbons (Fsp3) is 0.450. The molecule has 0 bridgehead atoms. The van der Waals surface area contributed by atoms with E-state index in [4.69, 9.17) is 16.3 Å². The van der Waals surface area contributed by atoms with Crippen LogP contribution in [0.25, 0.3) is 0 Å². The minimum absolute atomic E-state index is 0.0534. The molecule has 0 aliphatic carbocycles. The molecule has 7 heteroatoms. The summed E-state index contributed by atoms with van der Waals surface area (Å²) in [6.07, 6.45) is 1.80. The number of rotatable bonds is 5. The molecular weight excluding hydrogens is 364 g/mol. The van der Waals surface area contributed by atoms with E-state index >= 15 is 0 Å². The van der Waals surface area contributed by atoms with Crippen LogP contribution in [0.3, 0.4) is 0 Å². The van der Waals surface area contributed by atoms with Gasteiger partial charge in [0.2, 0.25) is 5.91 Å². The molecule has 0 unspecified atom stereocenters. The first kappa shape index (κ1) is 19.4. The monoisotopic (exact) mass is 388 g/mol. The van der Waals surface area contributed by atoms with E-state index in [1.54, 1.807) is 13.2 Å². The van der Waals surface area contributed by atoms with Crippen molar-refractivity contribution in [2.75, 3.05) is 25.1 Å². The molecule has 0 spiro atoms. The van der Waals surface area contributed by atoms with Gasteiger partial charge in [0.1, 0.15) is 5.75 Å². The molecule has 1 aliphatic heterocycles. The highest BCUT2D eigenvalue weighted by Gasteiger charge is 2.28. The summed E-state index contributed by atoms with van der Waals surface area (Å²) >= 11 is 5.81. The Labute approximate surface area is 164 Å². The van der Waals surface area contributed by atoms with Crippen LogP contribution in [0.2, 0.25) is 5.15 Å². The van der Waals surface area contributed by atoms with Crippen LogP contribution in [0.15, 0.2) is 30.3 Å². The highest BCUT2D eigenvalue weighted by atomic mass is 35.5. The standard InChI is InChI=1S/C20H25ClN4O2/c1-13-6-7-17(27-3)16(11-13)14(2)22-20(26)15-5-4-10-25(12-15)19-9-8-18(21)23-24-19/h6-9,11,14-15H,4-5,10,12H2,1-3H3,(H,22,26)/t14-,15-/m1/s1. The molecule has 0 radical (unpaired) electrons. The minimum atomic E-state index is -0.127. The maximum atomic E-state index is 12.9. The number of nitrogens with one attached hydrogen (secondary N) is 1. The quantitative estimate of drug-likeness (QED) is 0.848. The van der Waals surface area contributed by atoms with Crippen molar-refractivity contribution in [3.05, 3.63) is 46.6 Å². The average Bonchev–Trinajstić information content (AvgIpc) is 2.68. The number of aryl methyl sites for hydroxylation is 1.